The summed E-state index contributed by atoms with van der Waals surface area (Å²) < 4.78 is 1.52. The molecule has 0 saturated carbocycles. The molecule has 9 nitrogen and oxygen atoms in total. The maximum Gasteiger partial charge on any atom is 0.251 e. The Balaban J connectivity index is 1.75. The lowest BCUT2D eigenvalue weighted by molar-refractivity contribution is -0.135. The standard InChI is InChI=1S/C20H24N6O3/c1-20(2,21)17(19(28)24-29)8-12-25-11-7-15(13-18(25)27)14-3-5-16(6-4-14)26-22-9-10-23-26/h3-7,9-11,13,17,29H,8,12,21H2,1-2H3,(H,24,28). The summed E-state index contributed by atoms with van der Waals surface area (Å²) in [6.45, 7) is 3.73. The Kier molecular flexibility index (Phi) is 5.90. The van der Waals surface area contributed by atoms with Crippen molar-refractivity contribution in [2.24, 2.45) is 11.7 Å². The van der Waals surface area contributed by atoms with E-state index in [1.807, 2.05) is 30.3 Å². The Bertz CT molecular complexity index is 1020. The van der Waals surface area contributed by atoms with Gasteiger partial charge in [-0.2, -0.15) is 15.0 Å². The molecule has 3 rings (SSSR count). The van der Waals surface area contributed by atoms with Gasteiger partial charge in [-0.1, -0.05) is 12.1 Å². The zero-order valence-corrected chi connectivity index (χ0v) is 16.3. The normalized spacial score (nSPS) is 12.6. The highest BCUT2D eigenvalue weighted by Crippen LogP contribution is 2.21. The molecule has 1 aromatic carbocycles. The second kappa shape index (κ2) is 8.38. The number of nitrogens with zero attached hydrogens (tertiary/aromatic N) is 4. The number of hydrogen-bond acceptors (Lipinski definition) is 6. The number of hydrogen-bond donors (Lipinski definition) is 3. The van der Waals surface area contributed by atoms with E-state index in [4.69, 9.17) is 10.9 Å². The lowest BCUT2D eigenvalue weighted by Gasteiger charge is -2.28. The van der Waals surface area contributed by atoms with Crippen LogP contribution in [0.2, 0.25) is 0 Å². The first-order valence-electron chi connectivity index (χ1n) is 9.20. The fraction of sp³-hybridized carbons (Fsp3) is 0.300. The quantitative estimate of drug-likeness (QED) is 0.408. The number of amides is 1. The molecule has 0 bridgehead atoms. The molecule has 1 unspecified atom stereocenters. The Morgan fingerprint density at radius 1 is 1.17 bits per heavy atom. The number of nitrogens with two attached hydrogens (primary N) is 1. The van der Waals surface area contributed by atoms with Gasteiger partial charge < -0.3 is 10.3 Å². The highest BCUT2D eigenvalue weighted by Gasteiger charge is 2.31. The highest BCUT2D eigenvalue weighted by atomic mass is 16.5. The molecule has 29 heavy (non-hydrogen) atoms. The van der Waals surface area contributed by atoms with Crippen molar-refractivity contribution in [1.29, 1.82) is 0 Å². The molecule has 0 radical (unpaired) electrons. The third-order valence-electron chi connectivity index (χ3n) is 4.83. The molecule has 2 heterocycles. The van der Waals surface area contributed by atoms with E-state index in [0.717, 1.165) is 16.8 Å². The van der Waals surface area contributed by atoms with Crippen LogP contribution in [0, 0.1) is 5.92 Å². The molecule has 3 aromatic rings. The van der Waals surface area contributed by atoms with Gasteiger partial charge >= 0.3 is 0 Å². The van der Waals surface area contributed by atoms with Gasteiger partial charge in [0.1, 0.15) is 0 Å². The van der Waals surface area contributed by atoms with Crippen LogP contribution in [-0.2, 0) is 11.3 Å². The molecule has 1 amide bonds. The van der Waals surface area contributed by atoms with Crippen molar-refractivity contribution in [3.63, 3.8) is 0 Å². The van der Waals surface area contributed by atoms with Crippen molar-refractivity contribution in [3.05, 3.63) is 65.3 Å². The van der Waals surface area contributed by atoms with E-state index < -0.39 is 17.4 Å². The van der Waals surface area contributed by atoms with Gasteiger partial charge in [0.25, 0.3) is 5.56 Å². The minimum atomic E-state index is -0.832. The Morgan fingerprint density at radius 2 is 1.83 bits per heavy atom. The van der Waals surface area contributed by atoms with E-state index in [1.54, 1.807) is 44.0 Å². The van der Waals surface area contributed by atoms with Crippen molar-refractivity contribution in [2.75, 3.05) is 0 Å². The first-order valence-corrected chi connectivity index (χ1v) is 9.20. The number of carbonyl (C=O) groups excluding carboxylic acids is 1. The van der Waals surface area contributed by atoms with Crippen LogP contribution in [0.15, 0.2) is 59.8 Å². The van der Waals surface area contributed by atoms with Crippen LogP contribution >= 0.6 is 0 Å². The first-order chi connectivity index (χ1) is 13.8. The van der Waals surface area contributed by atoms with E-state index in [9.17, 15) is 9.59 Å². The number of carbonyl (C=O) groups is 1. The minimum absolute atomic E-state index is 0.182. The van der Waals surface area contributed by atoms with E-state index in [2.05, 4.69) is 10.2 Å². The molecule has 0 aliphatic rings. The summed E-state index contributed by atoms with van der Waals surface area (Å²) >= 11 is 0. The summed E-state index contributed by atoms with van der Waals surface area (Å²) in [5.41, 5.74) is 9.18. The SMILES string of the molecule is CC(C)(N)C(CCn1ccc(-c2ccc(-n3nccn3)cc2)cc1=O)C(=O)NO. The Morgan fingerprint density at radius 3 is 2.38 bits per heavy atom. The second-order valence-corrected chi connectivity index (χ2v) is 7.45. The summed E-state index contributed by atoms with van der Waals surface area (Å²) in [4.78, 5) is 25.9. The maximum atomic E-state index is 12.5. The van der Waals surface area contributed by atoms with Crippen LogP contribution in [-0.4, -0.2) is 36.2 Å². The summed E-state index contributed by atoms with van der Waals surface area (Å²) in [6.07, 6.45) is 5.22. The largest absolute Gasteiger partial charge is 0.325 e. The molecule has 1 atom stereocenters. The molecule has 9 heteroatoms. The zero-order valence-electron chi connectivity index (χ0n) is 16.3. The van der Waals surface area contributed by atoms with Gasteiger partial charge in [-0.3, -0.25) is 14.8 Å². The van der Waals surface area contributed by atoms with E-state index in [1.165, 1.54) is 9.36 Å². The average Bonchev–Trinajstić information content (AvgIpc) is 3.23. The number of pyridine rings is 1. The monoisotopic (exact) mass is 396 g/mol. The zero-order chi connectivity index (χ0) is 21.0. The molecule has 2 aromatic heterocycles. The van der Waals surface area contributed by atoms with Crippen LogP contribution < -0.4 is 16.8 Å². The first kappa shape index (κ1) is 20.4. The van der Waals surface area contributed by atoms with E-state index in [-0.39, 0.29) is 5.56 Å². The van der Waals surface area contributed by atoms with E-state index in [0.29, 0.717) is 13.0 Å². The number of aromatic nitrogens is 4. The summed E-state index contributed by atoms with van der Waals surface area (Å²) in [5.74, 6) is -1.20. The molecule has 0 aliphatic heterocycles. The second-order valence-electron chi connectivity index (χ2n) is 7.45. The Labute approximate surface area is 167 Å². The lowest BCUT2D eigenvalue weighted by atomic mass is 9.85. The van der Waals surface area contributed by atoms with Gasteiger partial charge in [-0.25, -0.2) is 5.48 Å². The Hall–Kier alpha value is -3.30. The number of benzene rings is 1. The predicted octanol–water partition coefficient (Wildman–Crippen LogP) is 1.34. The van der Waals surface area contributed by atoms with Gasteiger partial charge in [0.05, 0.1) is 24.0 Å². The molecule has 0 spiro atoms. The fourth-order valence-electron chi connectivity index (χ4n) is 3.20. The van der Waals surface area contributed by atoms with Crippen LogP contribution in [0.25, 0.3) is 16.8 Å². The van der Waals surface area contributed by atoms with Crippen molar-refractivity contribution in [3.8, 4) is 16.8 Å². The van der Waals surface area contributed by atoms with Crippen molar-refractivity contribution in [1.82, 2.24) is 25.0 Å². The number of nitrogens with one attached hydrogen (secondary N) is 1. The van der Waals surface area contributed by atoms with Crippen LogP contribution in [0.3, 0.4) is 0 Å². The van der Waals surface area contributed by atoms with E-state index >= 15 is 0 Å². The maximum absolute atomic E-state index is 12.5. The number of rotatable bonds is 7. The molecule has 4 N–H and O–H groups in total. The number of hydroxylamine groups is 1. The average molecular weight is 396 g/mol. The third kappa shape index (κ3) is 4.76. The van der Waals surface area contributed by atoms with Crippen LogP contribution in [0.5, 0.6) is 0 Å². The van der Waals surface area contributed by atoms with Crippen molar-refractivity contribution >= 4 is 5.91 Å². The highest BCUT2D eigenvalue weighted by molar-refractivity contribution is 5.78. The predicted molar refractivity (Wildman–Crippen MR) is 107 cm³/mol. The molecule has 0 aliphatic carbocycles. The number of aryl methyl sites for hydroxylation is 1. The topological polar surface area (TPSA) is 128 Å². The van der Waals surface area contributed by atoms with Crippen LogP contribution in [0.4, 0.5) is 0 Å². The fourth-order valence-corrected chi connectivity index (χ4v) is 3.20. The van der Waals surface area contributed by atoms with Gasteiger partial charge in [0.15, 0.2) is 0 Å². The molecular formula is C20H24N6O3. The molecular weight excluding hydrogens is 372 g/mol. The van der Waals surface area contributed by atoms with Crippen LogP contribution in [0.1, 0.15) is 20.3 Å². The summed E-state index contributed by atoms with van der Waals surface area (Å²) in [5, 5.41) is 17.1. The summed E-state index contributed by atoms with van der Waals surface area (Å²) in [7, 11) is 0. The van der Waals surface area contributed by atoms with Gasteiger partial charge in [0, 0.05) is 24.3 Å². The molecule has 0 saturated heterocycles. The van der Waals surface area contributed by atoms with Gasteiger partial charge in [-0.15, -0.1) is 0 Å². The van der Waals surface area contributed by atoms with Crippen molar-refractivity contribution in [2.45, 2.75) is 32.4 Å². The smallest absolute Gasteiger partial charge is 0.251 e. The minimum Gasteiger partial charge on any atom is -0.325 e. The van der Waals surface area contributed by atoms with Gasteiger partial charge in [-0.05, 0) is 49.6 Å². The summed E-state index contributed by atoms with van der Waals surface area (Å²) in [6, 6.07) is 10.9. The third-order valence-corrected chi connectivity index (χ3v) is 4.83. The lowest BCUT2D eigenvalue weighted by Crippen LogP contribution is -2.49. The van der Waals surface area contributed by atoms with Crippen molar-refractivity contribution < 1.29 is 10.0 Å². The molecule has 152 valence electrons. The molecule has 0 fully saturated rings. The van der Waals surface area contributed by atoms with Gasteiger partial charge in [0.2, 0.25) is 5.91 Å².